The molecule has 0 bridgehead atoms. The maximum absolute atomic E-state index is 12.8. The third-order valence-electron chi connectivity index (χ3n) is 2.29. The molecule has 2 aromatic rings. The maximum Gasteiger partial charge on any atom is 0.133 e. The van der Waals surface area contributed by atoms with E-state index in [1.807, 2.05) is 6.07 Å². The summed E-state index contributed by atoms with van der Waals surface area (Å²) in [7, 11) is 0. The van der Waals surface area contributed by atoms with E-state index in [4.69, 9.17) is 11.6 Å². The van der Waals surface area contributed by atoms with Crippen LogP contribution in [0.4, 0.5) is 4.39 Å². The minimum absolute atomic E-state index is 0.263. The maximum atomic E-state index is 12.8. The van der Waals surface area contributed by atoms with Crippen LogP contribution in [-0.4, -0.2) is 9.78 Å². The van der Waals surface area contributed by atoms with Gasteiger partial charge in [0.15, 0.2) is 0 Å². The predicted molar refractivity (Wildman–Crippen MR) is 62.5 cm³/mol. The van der Waals surface area contributed by atoms with Crippen LogP contribution < -0.4 is 0 Å². The van der Waals surface area contributed by atoms with Crippen molar-refractivity contribution in [3.05, 3.63) is 47.0 Å². The lowest BCUT2D eigenvalue weighted by molar-refractivity contribution is 0.627. The largest absolute Gasteiger partial charge is 0.222 e. The van der Waals surface area contributed by atoms with Crippen molar-refractivity contribution in [2.45, 2.75) is 19.8 Å². The summed E-state index contributed by atoms with van der Waals surface area (Å²) in [6.45, 7) is 2.09. The number of halogens is 2. The first kappa shape index (κ1) is 11.1. The van der Waals surface area contributed by atoms with E-state index in [9.17, 15) is 4.39 Å². The van der Waals surface area contributed by atoms with Gasteiger partial charge in [-0.25, -0.2) is 9.07 Å². The molecule has 1 heterocycles. The highest BCUT2D eigenvalue weighted by molar-refractivity contribution is 6.29. The molecule has 0 aliphatic carbocycles. The first-order valence-electron chi connectivity index (χ1n) is 5.21. The van der Waals surface area contributed by atoms with Crippen LogP contribution in [0, 0.1) is 5.82 Å². The first-order chi connectivity index (χ1) is 7.70. The molecule has 84 valence electrons. The van der Waals surface area contributed by atoms with Gasteiger partial charge < -0.3 is 0 Å². The molecule has 0 atom stereocenters. The van der Waals surface area contributed by atoms with Gasteiger partial charge in [-0.1, -0.05) is 24.9 Å². The van der Waals surface area contributed by atoms with Crippen LogP contribution in [-0.2, 0) is 6.42 Å². The summed E-state index contributed by atoms with van der Waals surface area (Å²) in [5.41, 5.74) is 1.73. The molecule has 0 aliphatic rings. The van der Waals surface area contributed by atoms with Crippen LogP contribution in [0.5, 0.6) is 0 Å². The fourth-order valence-corrected chi connectivity index (χ4v) is 1.81. The summed E-state index contributed by atoms with van der Waals surface area (Å²) in [6.07, 6.45) is 1.92. The van der Waals surface area contributed by atoms with Crippen LogP contribution in [0.2, 0.25) is 5.15 Å². The molecule has 0 spiro atoms. The molecule has 1 aromatic heterocycles. The predicted octanol–water partition coefficient (Wildman–Crippen LogP) is 3.62. The average Bonchev–Trinajstić information content (AvgIpc) is 2.61. The Kier molecular flexibility index (Phi) is 3.25. The number of aromatic nitrogens is 2. The molecule has 0 unspecified atom stereocenters. The topological polar surface area (TPSA) is 17.8 Å². The van der Waals surface area contributed by atoms with Crippen molar-refractivity contribution in [2.75, 3.05) is 0 Å². The molecule has 0 N–H and O–H groups in total. The van der Waals surface area contributed by atoms with Crippen molar-refractivity contribution >= 4 is 11.6 Å². The molecule has 1 aromatic carbocycles. The highest BCUT2D eigenvalue weighted by Gasteiger charge is 2.06. The monoisotopic (exact) mass is 238 g/mol. The van der Waals surface area contributed by atoms with E-state index in [0.29, 0.717) is 5.15 Å². The summed E-state index contributed by atoms with van der Waals surface area (Å²) in [5.74, 6) is -0.263. The van der Waals surface area contributed by atoms with Crippen LogP contribution in [0.3, 0.4) is 0 Å². The van der Waals surface area contributed by atoms with E-state index < -0.39 is 0 Å². The van der Waals surface area contributed by atoms with Crippen LogP contribution in [0.25, 0.3) is 5.69 Å². The van der Waals surface area contributed by atoms with E-state index >= 15 is 0 Å². The zero-order valence-corrected chi connectivity index (χ0v) is 9.71. The number of rotatable bonds is 3. The van der Waals surface area contributed by atoms with Gasteiger partial charge in [0.1, 0.15) is 11.0 Å². The molecule has 0 saturated carbocycles. The van der Waals surface area contributed by atoms with Crippen molar-refractivity contribution in [3.8, 4) is 5.69 Å². The minimum Gasteiger partial charge on any atom is -0.222 e. The summed E-state index contributed by atoms with van der Waals surface area (Å²) in [4.78, 5) is 0. The molecule has 2 rings (SSSR count). The molecule has 16 heavy (non-hydrogen) atoms. The number of aryl methyl sites for hydroxylation is 1. The van der Waals surface area contributed by atoms with Crippen molar-refractivity contribution in [1.29, 1.82) is 0 Å². The van der Waals surface area contributed by atoms with Gasteiger partial charge in [-0.05, 0) is 36.8 Å². The fourth-order valence-electron chi connectivity index (χ4n) is 1.55. The van der Waals surface area contributed by atoms with Crippen molar-refractivity contribution in [1.82, 2.24) is 9.78 Å². The Balaban J connectivity index is 2.36. The van der Waals surface area contributed by atoms with Gasteiger partial charge >= 0.3 is 0 Å². The SMILES string of the molecule is CCCc1cc(Cl)n(-c2ccc(F)cc2)n1. The molecule has 4 heteroatoms. The van der Waals surface area contributed by atoms with Gasteiger partial charge in [0, 0.05) is 0 Å². The Morgan fingerprint density at radius 2 is 2.00 bits per heavy atom. The zero-order chi connectivity index (χ0) is 11.5. The zero-order valence-electron chi connectivity index (χ0n) is 8.95. The molecule has 0 saturated heterocycles. The van der Waals surface area contributed by atoms with Gasteiger partial charge in [0.05, 0.1) is 11.4 Å². The highest BCUT2D eigenvalue weighted by atomic mass is 35.5. The Morgan fingerprint density at radius 3 is 2.62 bits per heavy atom. The van der Waals surface area contributed by atoms with E-state index in [0.717, 1.165) is 24.2 Å². The summed E-state index contributed by atoms with van der Waals surface area (Å²) in [5, 5.41) is 4.91. The second-order valence-corrected chi connectivity index (χ2v) is 3.98. The van der Waals surface area contributed by atoms with Crippen LogP contribution >= 0.6 is 11.6 Å². The lowest BCUT2D eigenvalue weighted by atomic mass is 10.3. The van der Waals surface area contributed by atoms with Crippen molar-refractivity contribution in [3.63, 3.8) is 0 Å². The summed E-state index contributed by atoms with van der Waals surface area (Å²) >= 11 is 6.06. The Morgan fingerprint density at radius 1 is 1.31 bits per heavy atom. The van der Waals surface area contributed by atoms with Gasteiger partial charge in [-0.15, -0.1) is 0 Å². The molecule has 0 fully saturated rings. The fraction of sp³-hybridized carbons (Fsp3) is 0.250. The lowest BCUT2D eigenvalue weighted by Gasteiger charge is -2.02. The quantitative estimate of drug-likeness (QED) is 0.799. The van der Waals surface area contributed by atoms with E-state index in [-0.39, 0.29) is 5.82 Å². The molecule has 0 radical (unpaired) electrons. The molecular weight excluding hydrogens is 227 g/mol. The van der Waals surface area contributed by atoms with Crippen molar-refractivity contribution < 1.29 is 4.39 Å². The van der Waals surface area contributed by atoms with Crippen molar-refractivity contribution in [2.24, 2.45) is 0 Å². The number of benzene rings is 1. The highest BCUT2D eigenvalue weighted by Crippen LogP contribution is 2.18. The van der Waals surface area contributed by atoms with E-state index in [2.05, 4.69) is 12.0 Å². The molecule has 0 amide bonds. The molecule has 0 aliphatic heterocycles. The Hall–Kier alpha value is -1.35. The minimum atomic E-state index is -0.263. The number of hydrogen-bond acceptors (Lipinski definition) is 1. The molecular formula is C12H12ClFN2. The smallest absolute Gasteiger partial charge is 0.133 e. The molecule has 2 nitrogen and oxygen atoms in total. The summed E-state index contributed by atoms with van der Waals surface area (Å²) < 4.78 is 14.4. The number of nitrogens with zero attached hydrogens (tertiary/aromatic N) is 2. The second kappa shape index (κ2) is 4.66. The standard InChI is InChI=1S/C12H12ClFN2/c1-2-3-10-8-12(13)16(15-10)11-6-4-9(14)5-7-11/h4-8H,2-3H2,1H3. The van der Waals surface area contributed by atoms with Gasteiger partial charge in [0.25, 0.3) is 0 Å². The third kappa shape index (κ3) is 2.25. The Bertz CT molecular complexity index is 476. The summed E-state index contributed by atoms with van der Waals surface area (Å²) in [6, 6.07) is 7.95. The number of hydrogen-bond donors (Lipinski definition) is 0. The van der Waals surface area contributed by atoms with Gasteiger partial charge in [-0.2, -0.15) is 5.10 Å². The third-order valence-corrected chi connectivity index (χ3v) is 2.56. The van der Waals surface area contributed by atoms with E-state index in [1.54, 1.807) is 16.8 Å². The lowest BCUT2D eigenvalue weighted by Crippen LogP contribution is -1.97. The van der Waals surface area contributed by atoms with Crippen LogP contribution in [0.1, 0.15) is 19.0 Å². The average molecular weight is 239 g/mol. The van der Waals surface area contributed by atoms with Crippen LogP contribution in [0.15, 0.2) is 30.3 Å². The van der Waals surface area contributed by atoms with Gasteiger partial charge in [-0.3, -0.25) is 0 Å². The van der Waals surface area contributed by atoms with E-state index in [1.165, 1.54) is 12.1 Å². The second-order valence-electron chi connectivity index (χ2n) is 3.60. The normalized spacial score (nSPS) is 10.7. The van der Waals surface area contributed by atoms with Gasteiger partial charge in [0.2, 0.25) is 0 Å². The Labute approximate surface area is 98.7 Å². The first-order valence-corrected chi connectivity index (χ1v) is 5.59.